The Morgan fingerprint density at radius 1 is 1.39 bits per heavy atom. The molecule has 2 rings (SSSR count). The third kappa shape index (κ3) is 3.37. The molecule has 1 saturated heterocycles. The van der Waals surface area contributed by atoms with E-state index in [1.807, 2.05) is 12.1 Å². The first kappa shape index (κ1) is 13.7. The fourth-order valence-corrected chi connectivity index (χ4v) is 2.67. The molecule has 1 fully saturated rings. The average molecular weight is 270 g/mol. The molecule has 0 aromatic heterocycles. The first-order valence-corrected chi connectivity index (χ1v) is 6.76. The van der Waals surface area contributed by atoms with Gasteiger partial charge in [0, 0.05) is 25.8 Å². The maximum Gasteiger partial charge on any atom is 0.138 e. The number of likely N-dealkylation sites (tertiary alicyclic amines) is 1. The number of phenols is 1. The minimum Gasteiger partial charge on any atom is -0.506 e. The van der Waals surface area contributed by atoms with E-state index in [2.05, 4.69) is 4.90 Å². The lowest BCUT2D eigenvalue weighted by molar-refractivity contribution is 0.0965. The average Bonchev–Trinajstić information content (AvgIpc) is 2.38. The highest BCUT2D eigenvalue weighted by Crippen LogP contribution is 2.29. The molecule has 0 saturated carbocycles. The predicted molar refractivity (Wildman–Crippen MR) is 73.0 cm³/mol. The van der Waals surface area contributed by atoms with Gasteiger partial charge in [0.05, 0.1) is 5.02 Å². The molecule has 1 aromatic carbocycles. The molecule has 100 valence electrons. The molecule has 0 bridgehead atoms. The van der Waals surface area contributed by atoms with E-state index >= 15 is 0 Å². The van der Waals surface area contributed by atoms with Crippen molar-refractivity contribution in [2.45, 2.75) is 19.4 Å². The van der Waals surface area contributed by atoms with Crippen LogP contribution in [0.5, 0.6) is 5.75 Å². The second kappa shape index (κ2) is 6.41. The fraction of sp³-hybridized carbons (Fsp3) is 0.571. The van der Waals surface area contributed by atoms with E-state index in [1.54, 1.807) is 13.2 Å². The van der Waals surface area contributed by atoms with Gasteiger partial charge in [-0.25, -0.2) is 0 Å². The van der Waals surface area contributed by atoms with Crippen molar-refractivity contribution in [2.75, 3.05) is 26.8 Å². The number of ether oxygens (including phenoxy) is 1. The molecule has 1 aromatic rings. The van der Waals surface area contributed by atoms with Gasteiger partial charge in [-0.3, -0.25) is 4.90 Å². The Bertz CT molecular complexity index is 389. The van der Waals surface area contributed by atoms with E-state index in [0.29, 0.717) is 10.9 Å². The van der Waals surface area contributed by atoms with Crippen molar-refractivity contribution in [2.24, 2.45) is 5.92 Å². The maximum absolute atomic E-state index is 9.89. The number of hydrogen-bond donors (Lipinski definition) is 1. The second-order valence-corrected chi connectivity index (χ2v) is 5.33. The summed E-state index contributed by atoms with van der Waals surface area (Å²) < 4.78 is 5.19. The number of halogens is 1. The summed E-state index contributed by atoms with van der Waals surface area (Å²) in [7, 11) is 1.76. The number of benzene rings is 1. The number of aromatic hydroxyl groups is 1. The van der Waals surface area contributed by atoms with E-state index in [9.17, 15) is 5.11 Å². The second-order valence-electron chi connectivity index (χ2n) is 4.92. The summed E-state index contributed by atoms with van der Waals surface area (Å²) in [5, 5.41) is 10.3. The summed E-state index contributed by atoms with van der Waals surface area (Å²) in [6, 6.07) is 5.53. The molecule has 0 aliphatic carbocycles. The smallest absolute Gasteiger partial charge is 0.138 e. The molecule has 0 amide bonds. The van der Waals surface area contributed by atoms with Gasteiger partial charge >= 0.3 is 0 Å². The van der Waals surface area contributed by atoms with Gasteiger partial charge < -0.3 is 9.84 Å². The highest BCUT2D eigenvalue weighted by atomic mass is 35.5. The number of piperidine rings is 1. The molecule has 3 nitrogen and oxygen atoms in total. The van der Waals surface area contributed by atoms with Crippen molar-refractivity contribution < 1.29 is 9.84 Å². The van der Waals surface area contributed by atoms with Crippen LogP contribution in [-0.2, 0) is 11.3 Å². The van der Waals surface area contributed by atoms with Crippen LogP contribution in [0.15, 0.2) is 18.2 Å². The number of nitrogens with zero attached hydrogens (tertiary/aromatic N) is 1. The van der Waals surface area contributed by atoms with Gasteiger partial charge in [0.2, 0.25) is 0 Å². The van der Waals surface area contributed by atoms with Gasteiger partial charge in [-0.1, -0.05) is 23.7 Å². The van der Waals surface area contributed by atoms with Crippen LogP contribution < -0.4 is 0 Å². The molecule has 1 heterocycles. The summed E-state index contributed by atoms with van der Waals surface area (Å²) >= 11 is 5.91. The van der Waals surface area contributed by atoms with Crippen molar-refractivity contribution in [3.63, 3.8) is 0 Å². The number of hydrogen-bond acceptors (Lipinski definition) is 3. The first-order chi connectivity index (χ1) is 8.70. The Kier molecular flexibility index (Phi) is 4.87. The Labute approximate surface area is 113 Å². The van der Waals surface area contributed by atoms with Gasteiger partial charge in [-0.15, -0.1) is 0 Å². The minimum absolute atomic E-state index is 0.221. The van der Waals surface area contributed by atoms with E-state index < -0.39 is 0 Å². The Morgan fingerprint density at radius 2 is 2.11 bits per heavy atom. The minimum atomic E-state index is 0.221. The summed E-state index contributed by atoms with van der Waals surface area (Å²) in [4.78, 5) is 2.36. The van der Waals surface area contributed by atoms with Gasteiger partial charge in [-0.05, 0) is 37.9 Å². The zero-order valence-electron chi connectivity index (χ0n) is 10.7. The van der Waals surface area contributed by atoms with E-state index in [4.69, 9.17) is 16.3 Å². The Balaban J connectivity index is 1.90. The number of rotatable bonds is 4. The summed E-state index contributed by atoms with van der Waals surface area (Å²) in [6.07, 6.45) is 2.32. The van der Waals surface area contributed by atoms with E-state index in [-0.39, 0.29) is 5.75 Å². The fourth-order valence-electron chi connectivity index (χ4n) is 2.48. The number of methoxy groups -OCH3 is 1. The van der Waals surface area contributed by atoms with Gasteiger partial charge in [-0.2, -0.15) is 0 Å². The van der Waals surface area contributed by atoms with Crippen LogP contribution in [0, 0.1) is 5.92 Å². The Morgan fingerprint density at radius 3 is 2.78 bits per heavy atom. The van der Waals surface area contributed by atoms with Crippen molar-refractivity contribution >= 4 is 11.6 Å². The molecule has 0 unspecified atom stereocenters. The molecular weight excluding hydrogens is 250 g/mol. The molecule has 1 aliphatic rings. The highest BCUT2D eigenvalue weighted by molar-refractivity contribution is 6.32. The lowest BCUT2D eigenvalue weighted by atomic mass is 9.97. The molecule has 18 heavy (non-hydrogen) atoms. The van der Waals surface area contributed by atoms with Gasteiger partial charge in [0.1, 0.15) is 5.75 Å². The monoisotopic (exact) mass is 269 g/mol. The molecule has 1 N–H and O–H groups in total. The topological polar surface area (TPSA) is 32.7 Å². The van der Waals surface area contributed by atoms with Crippen molar-refractivity contribution in [1.82, 2.24) is 4.90 Å². The van der Waals surface area contributed by atoms with Gasteiger partial charge in [0.15, 0.2) is 0 Å². The lowest BCUT2D eigenvalue weighted by Crippen LogP contribution is -2.34. The normalized spacial score (nSPS) is 18.1. The van der Waals surface area contributed by atoms with Crippen LogP contribution in [0.2, 0.25) is 5.02 Å². The SMILES string of the molecule is COCC1CCN(Cc2cccc(Cl)c2O)CC1. The summed E-state index contributed by atoms with van der Waals surface area (Å²) in [6.45, 7) is 3.74. The molecule has 1 aliphatic heterocycles. The maximum atomic E-state index is 9.89. The van der Waals surface area contributed by atoms with E-state index in [0.717, 1.165) is 44.6 Å². The third-order valence-electron chi connectivity index (χ3n) is 3.57. The number of phenolic OH excluding ortho intramolecular Hbond substituents is 1. The quantitative estimate of drug-likeness (QED) is 0.912. The van der Waals surface area contributed by atoms with E-state index in [1.165, 1.54) is 0 Å². The van der Waals surface area contributed by atoms with Crippen LogP contribution in [0.1, 0.15) is 18.4 Å². The van der Waals surface area contributed by atoms with Crippen LogP contribution in [-0.4, -0.2) is 36.8 Å². The molecular formula is C14H20ClNO2. The first-order valence-electron chi connectivity index (χ1n) is 6.38. The summed E-state index contributed by atoms with van der Waals surface area (Å²) in [5.41, 5.74) is 0.910. The zero-order valence-corrected chi connectivity index (χ0v) is 11.5. The summed E-state index contributed by atoms with van der Waals surface area (Å²) in [5.74, 6) is 0.900. The van der Waals surface area contributed by atoms with Crippen LogP contribution in [0.3, 0.4) is 0 Å². The molecule has 0 atom stereocenters. The van der Waals surface area contributed by atoms with Crippen molar-refractivity contribution in [1.29, 1.82) is 0 Å². The third-order valence-corrected chi connectivity index (χ3v) is 3.88. The molecule has 0 spiro atoms. The number of para-hydroxylation sites is 1. The standard InChI is InChI=1S/C14H20ClNO2/c1-18-10-11-5-7-16(8-6-11)9-12-3-2-4-13(15)14(12)17/h2-4,11,17H,5-10H2,1H3. The predicted octanol–water partition coefficient (Wildman–Crippen LogP) is 2.90. The van der Waals surface area contributed by atoms with Crippen LogP contribution in [0.25, 0.3) is 0 Å². The largest absolute Gasteiger partial charge is 0.506 e. The lowest BCUT2D eigenvalue weighted by Gasteiger charge is -2.31. The van der Waals surface area contributed by atoms with Crippen molar-refractivity contribution in [3.8, 4) is 5.75 Å². The molecule has 4 heteroatoms. The molecule has 0 radical (unpaired) electrons. The van der Waals surface area contributed by atoms with Crippen molar-refractivity contribution in [3.05, 3.63) is 28.8 Å². The highest BCUT2D eigenvalue weighted by Gasteiger charge is 2.20. The zero-order chi connectivity index (χ0) is 13.0. The van der Waals surface area contributed by atoms with Gasteiger partial charge in [0.25, 0.3) is 0 Å². The van der Waals surface area contributed by atoms with Crippen LogP contribution in [0.4, 0.5) is 0 Å². The Hall–Kier alpha value is -0.770. The van der Waals surface area contributed by atoms with Crippen LogP contribution >= 0.6 is 11.6 Å².